The van der Waals surface area contributed by atoms with E-state index in [-0.39, 0.29) is 6.04 Å². The van der Waals surface area contributed by atoms with E-state index in [9.17, 15) is 0 Å². The van der Waals surface area contributed by atoms with E-state index in [1.165, 1.54) is 46.8 Å². The molecule has 1 unspecified atom stereocenters. The number of aromatic nitrogens is 1. The molecule has 1 atom stereocenters. The fraction of sp³-hybridized carbons (Fsp3) is 0.533. The number of rotatable bonds is 4. The van der Waals surface area contributed by atoms with E-state index in [2.05, 4.69) is 36.0 Å². The molecule has 3 rings (SSSR count). The van der Waals surface area contributed by atoms with Crippen molar-refractivity contribution in [2.75, 3.05) is 0 Å². The zero-order valence-corrected chi connectivity index (χ0v) is 13.1. The molecule has 2 aromatic heterocycles. The van der Waals surface area contributed by atoms with E-state index < -0.39 is 0 Å². The Labute approximate surface area is 122 Å². The molecule has 1 N–H and O–H groups in total. The van der Waals surface area contributed by atoms with E-state index in [0.29, 0.717) is 6.04 Å². The molecule has 0 fully saturated rings. The van der Waals surface area contributed by atoms with Crippen molar-refractivity contribution < 1.29 is 0 Å². The molecular weight excluding hydrogens is 272 g/mol. The Bertz CT molecular complexity index is 505. The summed E-state index contributed by atoms with van der Waals surface area (Å²) in [7, 11) is 0. The van der Waals surface area contributed by atoms with Crippen LogP contribution in [0.15, 0.2) is 16.8 Å². The molecule has 19 heavy (non-hydrogen) atoms. The van der Waals surface area contributed by atoms with Crippen LogP contribution < -0.4 is 5.32 Å². The second kappa shape index (κ2) is 5.73. The summed E-state index contributed by atoms with van der Waals surface area (Å²) in [6, 6.07) is 2.94. The number of nitrogens with one attached hydrogen (secondary N) is 1. The summed E-state index contributed by atoms with van der Waals surface area (Å²) in [5, 5.41) is 9.30. The molecule has 1 aliphatic rings. The highest BCUT2D eigenvalue weighted by molar-refractivity contribution is 7.12. The molecule has 4 heteroatoms. The molecule has 0 aliphatic heterocycles. The van der Waals surface area contributed by atoms with Gasteiger partial charge in [0.05, 0.1) is 11.7 Å². The molecule has 0 amide bonds. The van der Waals surface area contributed by atoms with Gasteiger partial charge in [-0.25, -0.2) is 4.98 Å². The maximum atomic E-state index is 4.92. The van der Waals surface area contributed by atoms with Crippen LogP contribution in [0.3, 0.4) is 0 Å². The summed E-state index contributed by atoms with van der Waals surface area (Å²) < 4.78 is 0. The van der Waals surface area contributed by atoms with Crippen LogP contribution >= 0.6 is 22.7 Å². The number of hydrogen-bond donors (Lipinski definition) is 1. The number of fused-ring (bicyclic) bond motifs is 1. The van der Waals surface area contributed by atoms with Crippen LogP contribution in [-0.2, 0) is 12.8 Å². The van der Waals surface area contributed by atoms with Crippen LogP contribution in [0.4, 0.5) is 0 Å². The normalized spacial score (nSPS) is 16.6. The second-order valence-electron chi connectivity index (χ2n) is 5.44. The van der Waals surface area contributed by atoms with Gasteiger partial charge in [-0.05, 0) is 61.9 Å². The zero-order chi connectivity index (χ0) is 13.2. The Morgan fingerprint density at radius 1 is 1.26 bits per heavy atom. The van der Waals surface area contributed by atoms with Crippen molar-refractivity contribution in [2.24, 2.45) is 0 Å². The fourth-order valence-corrected chi connectivity index (χ4v) is 4.51. The van der Waals surface area contributed by atoms with Crippen molar-refractivity contribution >= 4 is 22.7 Å². The van der Waals surface area contributed by atoms with Gasteiger partial charge in [0.15, 0.2) is 0 Å². The Hall–Kier alpha value is -0.710. The van der Waals surface area contributed by atoms with E-state index in [0.717, 1.165) is 0 Å². The standard InChI is InChI=1S/C15H20N2S2/c1-10(2)16-14(11-7-8-18-9-11)15-17-12-5-3-4-6-13(12)19-15/h7-10,14,16H,3-6H2,1-2H3. The van der Waals surface area contributed by atoms with Gasteiger partial charge in [-0.2, -0.15) is 11.3 Å². The smallest absolute Gasteiger partial charge is 0.115 e. The van der Waals surface area contributed by atoms with Crippen LogP contribution in [0.1, 0.15) is 53.9 Å². The van der Waals surface area contributed by atoms with E-state index >= 15 is 0 Å². The average molecular weight is 292 g/mol. The third kappa shape index (κ3) is 2.91. The molecular formula is C15H20N2S2. The van der Waals surface area contributed by atoms with Crippen LogP contribution in [0.2, 0.25) is 0 Å². The summed E-state index contributed by atoms with van der Waals surface area (Å²) in [5.74, 6) is 0. The van der Waals surface area contributed by atoms with Gasteiger partial charge in [0, 0.05) is 10.9 Å². The summed E-state index contributed by atoms with van der Waals surface area (Å²) in [6.45, 7) is 4.40. The summed E-state index contributed by atoms with van der Waals surface area (Å²) in [6.07, 6.45) is 5.03. The largest absolute Gasteiger partial charge is 0.302 e. The van der Waals surface area contributed by atoms with Crippen molar-refractivity contribution in [3.63, 3.8) is 0 Å². The Kier molecular flexibility index (Phi) is 4.01. The van der Waals surface area contributed by atoms with Crippen molar-refractivity contribution in [3.05, 3.63) is 38.0 Å². The molecule has 0 aromatic carbocycles. The predicted molar refractivity (Wildman–Crippen MR) is 83.2 cm³/mol. The minimum absolute atomic E-state index is 0.266. The number of thiophene rings is 1. The first-order valence-corrected chi connectivity index (χ1v) is 8.76. The van der Waals surface area contributed by atoms with Crippen LogP contribution in [0.25, 0.3) is 0 Å². The molecule has 2 nitrogen and oxygen atoms in total. The Morgan fingerprint density at radius 2 is 2.11 bits per heavy atom. The fourth-order valence-electron chi connectivity index (χ4n) is 2.58. The summed E-state index contributed by atoms with van der Waals surface area (Å²) in [4.78, 5) is 6.44. The number of nitrogens with zero attached hydrogens (tertiary/aromatic N) is 1. The maximum Gasteiger partial charge on any atom is 0.115 e. The van der Waals surface area contributed by atoms with E-state index in [1.807, 2.05) is 11.3 Å². The lowest BCUT2D eigenvalue weighted by atomic mass is 10.0. The molecule has 0 saturated heterocycles. The monoisotopic (exact) mass is 292 g/mol. The van der Waals surface area contributed by atoms with Crippen molar-refractivity contribution in [2.45, 2.75) is 51.6 Å². The molecule has 1 aliphatic carbocycles. The van der Waals surface area contributed by atoms with E-state index in [1.54, 1.807) is 11.3 Å². The quantitative estimate of drug-likeness (QED) is 0.915. The lowest BCUT2D eigenvalue weighted by Crippen LogP contribution is -2.28. The van der Waals surface area contributed by atoms with Gasteiger partial charge in [-0.3, -0.25) is 0 Å². The molecule has 0 bridgehead atoms. The van der Waals surface area contributed by atoms with Gasteiger partial charge < -0.3 is 5.32 Å². The molecule has 0 saturated carbocycles. The highest BCUT2D eigenvalue weighted by atomic mass is 32.1. The highest BCUT2D eigenvalue weighted by Crippen LogP contribution is 2.33. The summed E-state index contributed by atoms with van der Waals surface area (Å²) >= 11 is 3.68. The molecule has 102 valence electrons. The molecule has 0 radical (unpaired) electrons. The lowest BCUT2D eigenvalue weighted by molar-refractivity contribution is 0.526. The Balaban J connectivity index is 1.92. The van der Waals surface area contributed by atoms with Gasteiger partial charge in [0.2, 0.25) is 0 Å². The zero-order valence-electron chi connectivity index (χ0n) is 11.5. The minimum atomic E-state index is 0.266. The third-order valence-corrected chi connectivity index (χ3v) is 5.41. The molecule has 2 heterocycles. The lowest BCUT2D eigenvalue weighted by Gasteiger charge is -2.18. The first-order valence-electron chi connectivity index (χ1n) is 7.00. The number of aryl methyl sites for hydroxylation is 2. The molecule has 2 aromatic rings. The number of thiazole rings is 1. The predicted octanol–water partition coefficient (Wildman–Crippen LogP) is 4.17. The maximum absolute atomic E-state index is 4.92. The molecule has 0 spiro atoms. The Morgan fingerprint density at radius 3 is 2.79 bits per heavy atom. The van der Waals surface area contributed by atoms with Gasteiger partial charge in [-0.1, -0.05) is 0 Å². The number of hydrogen-bond acceptors (Lipinski definition) is 4. The van der Waals surface area contributed by atoms with Crippen LogP contribution in [-0.4, -0.2) is 11.0 Å². The first-order chi connectivity index (χ1) is 9.24. The van der Waals surface area contributed by atoms with Crippen molar-refractivity contribution in [1.29, 1.82) is 0 Å². The van der Waals surface area contributed by atoms with Gasteiger partial charge in [0.1, 0.15) is 5.01 Å². The SMILES string of the molecule is CC(C)NC(c1ccsc1)c1nc2c(s1)CCCC2. The minimum Gasteiger partial charge on any atom is -0.302 e. The van der Waals surface area contributed by atoms with E-state index in [4.69, 9.17) is 4.98 Å². The van der Waals surface area contributed by atoms with Crippen molar-refractivity contribution in [1.82, 2.24) is 10.3 Å². The van der Waals surface area contributed by atoms with Gasteiger partial charge >= 0.3 is 0 Å². The van der Waals surface area contributed by atoms with Crippen molar-refractivity contribution in [3.8, 4) is 0 Å². The third-order valence-electron chi connectivity index (χ3n) is 3.49. The topological polar surface area (TPSA) is 24.9 Å². The second-order valence-corrected chi connectivity index (χ2v) is 7.34. The van der Waals surface area contributed by atoms with Crippen LogP contribution in [0.5, 0.6) is 0 Å². The first kappa shape index (κ1) is 13.3. The van der Waals surface area contributed by atoms with Gasteiger partial charge in [0.25, 0.3) is 0 Å². The summed E-state index contributed by atoms with van der Waals surface area (Å²) in [5.41, 5.74) is 2.71. The van der Waals surface area contributed by atoms with Crippen LogP contribution in [0, 0.1) is 0 Å². The average Bonchev–Trinajstić information content (AvgIpc) is 3.04. The highest BCUT2D eigenvalue weighted by Gasteiger charge is 2.22. The van der Waals surface area contributed by atoms with Gasteiger partial charge in [-0.15, -0.1) is 11.3 Å².